The third-order valence-corrected chi connectivity index (χ3v) is 8.79. The molecule has 0 aliphatic carbocycles. The lowest BCUT2D eigenvalue weighted by atomic mass is 9.94. The Hall–Kier alpha value is -4.20. The van der Waals surface area contributed by atoms with E-state index in [4.69, 9.17) is 4.74 Å². The highest BCUT2D eigenvalue weighted by atomic mass is 32.2. The van der Waals surface area contributed by atoms with Crippen LogP contribution in [0.3, 0.4) is 0 Å². The van der Waals surface area contributed by atoms with Crippen LogP contribution in [0.25, 0.3) is 0 Å². The summed E-state index contributed by atoms with van der Waals surface area (Å²) >= 11 is 0. The molecule has 0 spiro atoms. The number of rotatable bonds is 19. The molecular formula is C37H47F2N3O7S. The van der Waals surface area contributed by atoms with Gasteiger partial charge in [0.2, 0.25) is 0 Å². The Balaban J connectivity index is 2.05. The quantitative estimate of drug-likeness (QED) is 0.170. The largest absolute Gasteiger partial charge is 0.388 e. The number of hydrogen-bond donors (Lipinski definition) is 3. The van der Waals surface area contributed by atoms with Crippen molar-refractivity contribution in [2.24, 2.45) is 0 Å². The maximum atomic E-state index is 14.4. The van der Waals surface area contributed by atoms with Crippen LogP contribution in [-0.2, 0) is 32.2 Å². The van der Waals surface area contributed by atoms with Crippen molar-refractivity contribution < 1.29 is 41.4 Å². The molecule has 3 rings (SSSR count). The third-order valence-electron chi connectivity index (χ3n) is 7.89. The Morgan fingerprint density at radius 2 is 1.54 bits per heavy atom. The van der Waals surface area contributed by atoms with Gasteiger partial charge in [-0.15, -0.1) is 0 Å². The maximum absolute atomic E-state index is 14.4. The molecule has 0 heterocycles. The third kappa shape index (κ3) is 12.6. The van der Waals surface area contributed by atoms with Crippen molar-refractivity contribution in [2.45, 2.75) is 64.7 Å². The van der Waals surface area contributed by atoms with Crippen molar-refractivity contribution in [2.75, 3.05) is 38.2 Å². The molecule has 272 valence electrons. The van der Waals surface area contributed by atoms with Crippen LogP contribution in [0.4, 0.5) is 8.78 Å². The molecule has 50 heavy (non-hydrogen) atoms. The highest BCUT2D eigenvalue weighted by molar-refractivity contribution is 7.90. The van der Waals surface area contributed by atoms with Crippen molar-refractivity contribution in [3.63, 3.8) is 0 Å². The van der Waals surface area contributed by atoms with Gasteiger partial charge in [-0.25, -0.2) is 17.2 Å². The minimum Gasteiger partial charge on any atom is -0.388 e. The molecule has 0 saturated carbocycles. The lowest BCUT2D eigenvalue weighted by Gasteiger charge is -2.38. The molecule has 0 bridgehead atoms. The van der Waals surface area contributed by atoms with Gasteiger partial charge in [0.25, 0.3) is 17.7 Å². The van der Waals surface area contributed by atoms with Crippen molar-refractivity contribution in [1.82, 2.24) is 15.5 Å². The van der Waals surface area contributed by atoms with Crippen LogP contribution >= 0.6 is 0 Å². The summed E-state index contributed by atoms with van der Waals surface area (Å²) in [7, 11) is -3.52. The molecule has 3 N–H and O–H groups in total. The molecule has 0 saturated heterocycles. The minimum absolute atomic E-state index is 0.0509. The standard InChI is InChI=1S/C37H47F2N3O7S/c1-5-13-40-35(44)28-18-25(3)19-29(23-28)37(46)42(15-6-2)32(22-27-20-30(38)24-31(39)21-27)33(43)34(49-16-17-50(4,47)48)36(45)41-14-12-26-10-8-7-9-11-26/h7-11,18-21,23-24,32-34,43H,5-6,12-17,22H2,1-4H3,(H,40,44)(H,41,45). The Morgan fingerprint density at radius 3 is 2.16 bits per heavy atom. The second-order valence-electron chi connectivity index (χ2n) is 12.3. The van der Waals surface area contributed by atoms with Gasteiger partial charge >= 0.3 is 0 Å². The van der Waals surface area contributed by atoms with Crippen LogP contribution in [0.15, 0.2) is 66.7 Å². The van der Waals surface area contributed by atoms with Crippen LogP contribution in [0.2, 0.25) is 0 Å². The van der Waals surface area contributed by atoms with E-state index < -0.39 is 63.9 Å². The topological polar surface area (TPSA) is 142 Å². The first-order chi connectivity index (χ1) is 23.7. The number of carbonyl (C=O) groups is 3. The Bertz CT molecular complexity index is 1690. The summed E-state index contributed by atoms with van der Waals surface area (Å²) in [5.74, 6) is -3.92. The number of aryl methyl sites for hydroxylation is 1. The number of ether oxygens (including phenoxy) is 1. The number of aliphatic hydroxyl groups is 1. The fourth-order valence-electron chi connectivity index (χ4n) is 5.52. The molecule has 3 aromatic rings. The normalized spacial score (nSPS) is 13.3. The van der Waals surface area contributed by atoms with Gasteiger partial charge in [0.1, 0.15) is 27.6 Å². The molecule has 0 aliphatic heterocycles. The van der Waals surface area contributed by atoms with Crippen molar-refractivity contribution >= 4 is 27.6 Å². The molecular weight excluding hydrogens is 668 g/mol. The highest BCUT2D eigenvalue weighted by Crippen LogP contribution is 2.23. The van der Waals surface area contributed by atoms with E-state index in [2.05, 4.69) is 10.6 Å². The van der Waals surface area contributed by atoms with Crippen molar-refractivity contribution in [3.05, 3.63) is 106 Å². The van der Waals surface area contributed by atoms with Crippen molar-refractivity contribution in [3.8, 4) is 0 Å². The molecule has 3 aromatic carbocycles. The van der Waals surface area contributed by atoms with E-state index in [9.17, 15) is 36.7 Å². The molecule has 0 aromatic heterocycles. The van der Waals surface area contributed by atoms with E-state index in [1.165, 1.54) is 11.0 Å². The van der Waals surface area contributed by atoms with Gasteiger partial charge in [-0.1, -0.05) is 44.2 Å². The number of sulfone groups is 1. The van der Waals surface area contributed by atoms with Gasteiger partial charge in [-0.2, -0.15) is 0 Å². The molecule has 13 heteroatoms. The zero-order valence-corrected chi connectivity index (χ0v) is 29.8. The first-order valence-electron chi connectivity index (χ1n) is 16.7. The van der Waals surface area contributed by atoms with Gasteiger partial charge in [0.05, 0.1) is 18.4 Å². The molecule has 0 radical (unpaired) electrons. The van der Waals surface area contributed by atoms with E-state index in [1.807, 2.05) is 37.3 Å². The van der Waals surface area contributed by atoms with E-state index in [0.29, 0.717) is 37.4 Å². The molecule has 3 atom stereocenters. The van der Waals surface area contributed by atoms with E-state index in [1.54, 1.807) is 26.0 Å². The average molecular weight is 716 g/mol. The molecule has 0 aliphatic rings. The van der Waals surface area contributed by atoms with Crippen molar-refractivity contribution in [1.29, 1.82) is 0 Å². The first kappa shape index (κ1) is 40.2. The predicted molar refractivity (Wildman–Crippen MR) is 188 cm³/mol. The monoisotopic (exact) mass is 715 g/mol. The zero-order valence-electron chi connectivity index (χ0n) is 29.0. The lowest BCUT2D eigenvalue weighted by molar-refractivity contribution is -0.143. The Labute approximate surface area is 293 Å². The average Bonchev–Trinajstić information content (AvgIpc) is 3.05. The van der Waals surface area contributed by atoms with Gasteiger partial charge in [0, 0.05) is 43.1 Å². The highest BCUT2D eigenvalue weighted by Gasteiger charge is 2.39. The van der Waals surface area contributed by atoms with E-state index >= 15 is 0 Å². The van der Waals surface area contributed by atoms with Crippen LogP contribution in [0.1, 0.15) is 64.1 Å². The Morgan fingerprint density at radius 1 is 0.880 bits per heavy atom. The lowest BCUT2D eigenvalue weighted by Crippen LogP contribution is -2.57. The zero-order chi connectivity index (χ0) is 36.8. The number of nitrogens with zero attached hydrogens (tertiary/aromatic N) is 1. The fourth-order valence-corrected chi connectivity index (χ4v) is 5.92. The first-order valence-corrected chi connectivity index (χ1v) is 18.7. The van der Waals surface area contributed by atoms with Gasteiger partial charge in [-0.05, 0) is 79.6 Å². The van der Waals surface area contributed by atoms with E-state index in [0.717, 1.165) is 24.0 Å². The fraction of sp³-hybridized carbons (Fsp3) is 0.432. The summed E-state index contributed by atoms with van der Waals surface area (Å²) in [4.78, 5) is 42.1. The van der Waals surface area contributed by atoms with Crippen LogP contribution in [0, 0.1) is 18.6 Å². The second-order valence-corrected chi connectivity index (χ2v) is 14.6. The summed E-state index contributed by atoms with van der Waals surface area (Å²) in [6, 6.07) is 15.5. The number of hydrogen-bond acceptors (Lipinski definition) is 7. The molecule has 3 unspecified atom stereocenters. The number of aliphatic hydroxyl groups excluding tert-OH is 1. The smallest absolute Gasteiger partial charge is 0.254 e. The second kappa shape index (κ2) is 19.3. The number of nitrogens with one attached hydrogen (secondary N) is 2. The minimum atomic E-state index is -3.52. The van der Waals surface area contributed by atoms with E-state index in [-0.39, 0.29) is 42.1 Å². The molecule has 10 nitrogen and oxygen atoms in total. The summed E-state index contributed by atoms with van der Waals surface area (Å²) in [5.41, 5.74) is 2.04. The van der Waals surface area contributed by atoms with Gasteiger partial charge in [-0.3, -0.25) is 14.4 Å². The van der Waals surface area contributed by atoms with Gasteiger partial charge < -0.3 is 25.4 Å². The van der Waals surface area contributed by atoms with Crippen LogP contribution in [0.5, 0.6) is 0 Å². The molecule has 0 fully saturated rings. The molecule has 3 amide bonds. The Kier molecular flexibility index (Phi) is 15.5. The maximum Gasteiger partial charge on any atom is 0.254 e. The number of halogens is 2. The predicted octanol–water partition coefficient (Wildman–Crippen LogP) is 4.03. The van der Waals surface area contributed by atoms with Crippen LogP contribution < -0.4 is 10.6 Å². The van der Waals surface area contributed by atoms with Gasteiger partial charge in [0.15, 0.2) is 6.10 Å². The number of amides is 3. The summed E-state index contributed by atoms with van der Waals surface area (Å²) < 4.78 is 58.4. The summed E-state index contributed by atoms with van der Waals surface area (Å²) in [5, 5.41) is 17.5. The van der Waals surface area contributed by atoms with Crippen LogP contribution in [-0.4, -0.2) is 92.6 Å². The number of carbonyl (C=O) groups excluding carboxylic acids is 3. The summed E-state index contributed by atoms with van der Waals surface area (Å²) in [6.07, 6.45) is -1.19. The summed E-state index contributed by atoms with van der Waals surface area (Å²) in [6.45, 7) is 5.63. The SMILES string of the molecule is CCCNC(=O)c1cc(C)cc(C(=O)N(CCC)C(Cc2cc(F)cc(F)c2)C(O)C(OCCS(C)(=O)=O)C(=O)NCCc2ccccc2)c1. The number of benzene rings is 3.